The molecule has 2 rings (SSSR count). The van der Waals surface area contributed by atoms with Crippen LogP contribution >= 0.6 is 11.6 Å². The lowest BCUT2D eigenvalue weighted by molar-refractivity contribution is 0.314. The number of nitrogens with one attached hydrogen (secondary N) is 1. The molecule has 3 atom stereocenters. The van der Waals surface area contributed by atoms with Crippen molar-refractivity contribution in [3.05, 3.63) is 33.8 Å². The van der Waals surface area contributed by atoms with Crippen molar-refractivity contribution < 1.29 is 0 Å². The first-order valence-corrected chi connectivity index (χ1v) is 7.36. The Morgan fingerprint density at radius 1 is 1.22 bits per heavy atom. The van der Waals surface area contributed by atoms with Gasteiger partial charge in [0.1, 0.15) is 0 Å². The molecule has 0 saturated heterocycles. The Labute approximate surface area is 116 Å². The van der Waals surface area contributed by atoms with Crippen LogP contribution in [0.2, 0.25) is 5.02 Å². The fourth-order valence-corrected chi connectivity index (χ4v) is 3.63. The molecule has 0 aliphatic heterocycles. The number of hydrogen-bond donors (Lipinski definition) is 1. The molecule has 0 spiro atoms. The maximum absolute atomic E-state index is 6.20. The van der Waals surface area contributed by atoms with Crippen LogP contribution in [0.1, 0.15) is 48.9 Å². The summed E-state index contributed by atoms with van der Waals surface area (Å²) in [4.78, 5) is 0. The summed E-state index contributed by atoms with van der Waals surface area (Å²) in [5.41, 5.74) is 3.92. The van der Waals surface area contributed by atoms with Crippen molar-refractivity contribution in [2.75, 3.05) is 7.05 Å². The normalized spacial score (nSPS) is 25.4. The molecular weight excluding hydrogens is 242 g/mol. The molecule has 1 aliphatic carbocycles. The lowest BCUT2D eigenvalue weighted by Crippen LogP contribution is -2.27. The predicted molar refractivity (Wildman–Crippen MR) is 79.2 cm³/mol. The number of hydrogen-bond acceptors (Lipinski definition) is 1. The van der Waals surface area contributed by atoms with E-state index in [0.29, 0.717) is 6.04 Å². The van der Waals surface area contributed by atoms with Gasteiger partial charge in [0.25, 0.3) is 0 Å². The van der Waals surface area contributed by atoms with Crippen LogP contribution in [0.4, 0.5) is 0 Å². The largest absolute Gasteiger partial charge is 0.313 e. The smallest absolute Gasteiger partial charge is 0.0438 e. The Bertz CT molecular complexity index is 427. The number of aryl methyl sites for hydroxylation is 2. The minimum Gasteiger partial charge on any atom is -0.313 e. The predicted octanol–water partition coefficient (Wildman–Crippen LogP) is 4.65. The zero-order chi connectivity index (χ0) is 13.3. The first kappa shape index (κ1) is 13.9. The summed E-state index contributed by atoms with van der Waals surface area (Å²) in [7, 11) is 2.08. The summed E-state index contributed by atoms with van der Waals surface area (Å²) >= 11 is 6.20. The molecule has 1 aliphatic rings. The third-order valence-corrected chi connectivity index (χ3v) is 4.96. The van der Waals surface area contributed by atoms with Crippen molar-refractivity contribution in [1.29, 1.82) is 0 Å². The quantitative estimate of drug-likeness (QED) is 0.839. The van der Waals surface area contributed by atoms with Gasteiger partial charge >= 0.3 is 0 Å². The number of rotatable bonds is 3. The summed E-state index contributed by atoms with van der Waals surface area (Å²) in [6, 6.07) is 4.85. The number of benzene rings is 1. The van der Waals surface area contributed by atoms with E-state index in [9.17, 15) is 0 Å². The molecule has 1 aromatic rings. The van der Waals surface area contributed by atoms with Crippen LogP contribution in [0.25, 0.3) is 0 Å². The molecule has 0 aromatic heterocycles. The van der Waals surface area contributed by atoms with E-state index >= 15 is 0 Å². The summed E-state index contributed by atoms with van der Waals surface area (Å²) in [5.74, 6) is 1.58. The van der Waals surface area contributed by atoms with Gasteiger partial charge in [-0.1, -0.05) is 37.4 Å². The zero-order valence-corrected chi connectivity index (χ0v) is 12.6. The molecule has 0 amide bonds. The van der Waals surface area contributed by atoms with E-state index in [4.69, 9.17) is 11.6 Å². The Hall–Kier alpha value is -0.530. The van der Waals surface area contributed by atoms with E-state index in [-0.39, 0.29) is 0 Å². The van der Waals surface area contributed by atoms with Crippen molar-refractivity contribution in [3.63, 3.8) is 0 Å². The third kappa shape index (κ3) is 2.57. The Morgan fingerprint density at radius 2 is 1.94 bits per heavy atom. The van der Waals surface area contributed by atoms with Gasteiger partial charge in [0.15, 0.2) is 0 Å². The topological polar surface area (TPSA) is 12.0 Å². The van der Waals surface area contributed by atoms with Gasteiger partial charge in [-0.05, 0) is 61.9 Å². The minimum absolute atomic E-state index is 0.471. The highest BCUT2D eigenvalue weighted by molar-refractivity contribution is 6.31. The molecular formula is C16H24ClN. The fraction of sp³-hybridized carbons (Fsp3) is 0.625. The lowest BCUT2D eigenvalue weighted by Gasteiger charge is -2.29. The molecule has 18 heavy (non-hydrogen) atoms. The van der Waals surface area contributed by atoms with Crippen LogP contribution in [0.15, 0.2) is 12.1 Å². The van der Waals surface area contributed by atoms with Crippen LogP contribution in [-0.2, 0) is 0 Å². The van der Waals surface area contributed by atoms with Gasteiger partial charge in [-0.2, -0.15) is 0 Å². The van der Waals surface area contributed by atoms with Crippen molar-refractivity contribution in [2.45, 2.75) is 46.1 Å². The molecule has 1 aromatic carbocycles. The van der Waals surface area contributed by atoms with E-state index in [1.165, 1.54) is 36.0 Å². The highest BCUT2D eigenvalue weighted by Gasteiger charge is 2.31. The Morgan fingerprint density at radius 3 is 2.50 bits per heavy atom. The van der Waals surface area contributed by atoms with Crippen molar-refractivity contribution in [3.8, 4) is 0 Å². The molecule has 0 radical (unpaired) electrons. The molecule has 1 saturated carbocycles. The summed E-state index contributed by atoms with van der Waals surface area (Å²) in [6.45, 7) is 6.65. The van der Waals surface area contributed by atoms with E-state index in [1.54, 1.807) is 0 Å². The van der Waals surface area contributed by atoms with Crippen LogP contribution in [-0.4, -0.2) is 7.05 Å². The van der Waals surface area contributed by atoms with Gasteiger partial charge in [0, 0.05) is 11.1 Å². The fourth-order valence-electron chi connectivity index (χ4n) is 3.41. The molecule has 2 heteroatoms. The molecule has 1 N–H and O–H groups in total. The SMILES string of the molecule is CNC(c1cc(C)c(Cl)cc1C)C1CCCC1C. The summed E-state index contributed by atoms with van der Waals surface area (Å²) in [6.07, 6.45) is 4.08. The van der Waals surface area contributed by atoms with Crippen molar-refractivity contribution >= 4 is 11.6 Å². The van der Waals surface area contributed by atoms with Crippen molar-refractivity contribution in [2.24, 2.45) is 11.8 Å². The van der Waals surface area contributed by atoms with Crippen LogP contribution in [0.3, 0.4) is 0 Å². The monoisotopic (exact) mass is 265 g/mol. The number of halogens is 1. The second kappa shape index (κ2) is 5.63. The first-order chi connectivity index (χ1) is 8.54. The first-order valence-electron chi connectivity index (χ1n) is 6.98. The lowest BCUT2D eigenvalue weighted by atomic mass is 9.84. The van der Waals surface area contributed by atoms with E-state index in [1.807, 2.05) is 0 Å². The van der Waals surface area contributed by atoms with Crippen molar-refractivity contribution in [1.82, 2.24) is 5.32 Å². The minimum atomic E-state index is 0.471. The zero-order valence-electron chi connectivity index (χ0n) is 11.9. The van der Waals surface area contributed by atoms with Crippen LogP contribution < -0.4 is 5.32 Å². The van der Waals surface area contributed by atoms with Gasteiger partial charge in [-0.25, -0.2) is 0 Å². The molecule has 100 valence electrons. The van der Waals surface area contributed by atoms with Gasteiger partial charge in [0.2, 0.25) is 0 Å². The molecule has 0 heterocycles. The van der Waals surface area contributed by atoms with Gasteiger partial charge < -0.3 is 5.32 Å². The maximum Gasteiger partial charge on any atom is 0.0438 e. The van der Waals surface area contributed by atoms with Gasteiger partial charge in [-0.3, -0.25) is 0 Å². The summed E-state index contributed by atoms with van der Waals surface area (Å²) in [5, 5.41) is 4.42. The highest BCUT2D eigenvalue weighted by Crippen LogP contribution is 2.41. The second-order valence-corrected chi connectivity index (χ2v) is 6.20. The van der Waals surface area contributed by atoms with E-state index < -0.39 is 0 Å². The molecule has 1 fully saturated rings. The molecule has 0 bridgehead atoms. The highest BCUT2D eigenvalue weighted by atomic mass is 35.5. The van der Waals surface area contributed by atoms with Crippen LogP contribution in [0, 0.1) is 25.7 Å². The average molecular weight is 266 g/mol. The Balaban J connectivity index is 2.35. The van der Waals surface area contributed by atoms with Gasteiger partial charge in [-0.15, -0.1) is 0 Å². The standard InChI is InChI=1S/C16H24ClN/c1-10-6-5-7-13(10)16(18-4)14-8-12(3)15(17)9-11(14)2/h8-10,13,16,18H,5-7H2,1-4H3. The maximum atomic E-state index is 6.20. The molecule has 1 nitrogen and oxygen atoms in total. The third-order valence-electron chi connectivity index (χ3n) is 4.55. The average Bonchev–Trinajstić information content (AvgIpc) is 2.73. The summed E-state index contributed by atoms with van der Waals surface area (Å²) < 4.78 is 0. The van der Waals surface area contributed by atoms with Crippen LogP contribution in [0.5, 0.6) is 0 Å². The van der Waals surface area contributed by atoms with Gasteiger partial charge in [0.05, 0.1) is 0 Å². The van der Waals surface area contributed by atoms with E-state index in [2.05, 4.69) is 45.3 Å². The van der Waals surface area contributed by atoms with E-state index in [0.717, 1.165) is 16.9 Å². The second-order valence-electron chi connectivity index (χ2n) is 5.80. The molecule has 3 unspecified atom stereocenters. The Kier molecular flexibility index (Phi) is 4.34.